The first kappa shape index (κ1) is 8.03. The molecule has 0 bridgehead atoms. The lowest BCUT2D eigenvalue weighted by atomic mass is 10.2. The molecule has 0 unspecified atom stereocenters. The fraction of sp³-hybridized carbons (Fsp3) is 0. The maximum absolute atomic E-state index is 6.00. The van der Waals surface area contributed by atoms with Gasteiger partial charge < -0.3 is 0 Å². The van der Waals surface area contributed by atoms with Gasteiger partial charge in [-0.25, -0.2) is 0 Å². The van der Waals surface area contributed by atoms with E-state index in [0.717, 1.165) is 5.52 Å². The molecule has 0 aromatic carbocycles. The number of hydrogen-bond acceptors (Lipinski definition) is 2. The summed E-state index contributed by atoms with van der Waals surface area (Å²) in [6.07, 6.45) is 8.48. The molecule has 0 atom stereocenters. The highest BCUT2D eigenvalue weighted by atomic mass is 35.5. The Kier molecular flexibility index (Phi) is 1.88. The zero-order chi connectivity index (χ0) is 9.26. The monoisotopic (exact) mass is 188 g/mol. The molecule has 13 heavy (non-hydrogen) atoms. The first-order valence-corrected chi connectivity index (χ1v) is 4.06. The average molecular weight is 189 g/mol. The molecule has 0 N–H and O–H groups in total. The molecule has 0 saturated carbocycles. The lowest BCUT2D eigenvalue weighted by molar-refractivity contribution is 1.33. The number of halogens is 1. The van der Waals surface area contributed by atoms with Gasteiger partial charge in [0.1, 0.15) is 5.52 Å². The number of hydrogen-bond donors (Lipinski definition) is 0. The third-order valence-electron chi connectivity index (χ3n) is 1.72. The van der Waals surface area contributed by atoms with Crippen LogP contribution in [-0.4, -0.2) is 9.97 Å². The minimum absolute atomic E-state index is 0.494. The molecule has 0 aliphatic carbocycles. The number of nitrogens with zero attached hydrogens (tertiary/aromatic N) is 2. The van der Waals surface area contributed by atoms with Crippen LogP contribution in [0.4, 0.5) is 0 Å². The van der Waals surface area contributed by atoms with Crippen LogP contribution in [0, 0.1) is 12.3 Å². The summed E-state index contributed by atoms with van der Waals surface area (Å²) in [6, 6.07) is 3.65. The van der Waals surface area contributed by atoms with E-state index in [0.29, 0.717) is 16.1 Å². The summed E-state index contributed by atoms with van der Waals surface area (Å²) in [5, 5.41) is 0.494. The van der Waals surface area contributed by atoms with Gasteiger partial charge in [-0.3, -0.25) is 9.97 Å². The van der Waals surface area contributed by atoms with E-state index in [9.17, 15) is 0 Å². The van der Waals surface area contributed by atoms with E-state index in [1.165, 1.54) is 0 Å². The molecule has 0 spiro atoms. The molecule has 2 aromatic heterocycles. The maximum Gasteiger partial charge on any atom is 0.108 e. The van der Waals surface area contributed by atoms with Crippen molar-refractivity contribution in [2.24, 2.45) is 0 Å². The number of aromatic nitrogens is 2. The molecular weight excluding hydrogens is 184 g/mol. The minimum atomic E-state index is 0.494. The van der Waals surface area contributed by atoms with E-state index >= 15 is 0 Å². The molecule has 0 amide bonds. The Morgan fingerprint density at radius 3 is 3.00 bits per heavy atom. The lowest BCUT2D eigenvalue weighted by Crippen LogP contribution is -1.86. The van der Waals surface area contributed by atoms with Gasteiger partial charge >= 0.3 is 0 Å². The summed E-state index contributed by atoms with van der Waals surface area (Å²) >= 11 is 6.00. The molecule has 62 valence electrons. The molecule has 2 rings (SSSR count). The van der Waals surface area contributed by atoms with Crippen molar-refractivity contribution in [3.8, 4) is 12.3 Å². The van der Waals surface area contributed by atoms with Gasteiger partial charge in [-0.05, 0) is 12.1 Å². The minimum Gasteiger partial charge on any atom is -0.253 e. The van der Waals surface area contributed by atoms with E-state index in [1.807, 2.05) is 6.07 Å². The zero-order valence-electron chi connectivity index (χ0n) is 6.66. The van der Waals surface area contributed by atoms with Crippen molar-refractivity contribution in [1.29, 1.82) is 0 Å². The van der Waals surface area contributed by atoms with Crippen LogP contribution in [0.15, 0.2) is 24.5 Å². The Morgan fingerprint density at radius 1 is 1.38 bits per heavy atom. The predicted octanol–water partition coefficient (Wildman–Crippen LogP) is 2.26. The van der Waals surface area contributed by atoms with Crippen molar-refractivity contribution in [3.63, 3.8) is 0 Å². The normalized spacial score (nSPS) is 9.85. The third kappa shape index (κ3) is 1.24. The van der Waals surface area contributed by atoms with Crippen molar-refractivity contribution in [2.75, 3.05) is 0 Å². The van der Waals surface area contributed by atoms with Gasteiger partial charge in [0.05, 0.1) is 16.1 Å². The summed E-state index contributed by atoms with van der Waals surface area (Å²) < 4.78 is 0. The molecule has 0 fully saturated rings. The average Bonchev–Trinajstić information content (AvgIpc) is 2.19. The number of fused-ring (bicyclic) bond motifs is 1. The molecule has 2 heterocycles. The van der Waals surface area contributed by atoms with E-state index in [4.69, 9.17) is 18.0 Å². The summed E-state index contributed by atoms with van der Waals surface area (Å²) in [5.41, 5.74) is 1.99. The fourth-order valence-corrected chi connectivity index (χ4v) is 1.34. The molecule has 2 aromatic rings. The first-order valence-electron chi connectivity index (χ1n) is 3.69. The zero-order valence-corrected chi connectivity index (χ0v) is 7.42. The van der Waals surface area contributed by atoms with Crippen LogP contribution in [-0.2, 0) is 0 Å². The standard InChI is InChI=1S/C10H5ClN2/c1-2-7-6-13-8-4-3-5-12-10(8)9(7)11/h1,3-6H. The van der Waals surface area contributed by atoms with Crippen molar-refractivity contribution in [1.82, 2.24) is 9.97 Å². The van der Waals surface area contributed by atoms with Crippen LogP contribution in [0.1, 0.15) is 5.56 Å². The second-order valence-electron chi connectivity index (χ2n) is 2.50. The summed E-state index contributed by atoms with van der Waals surface area (Å²) in [4.78, 5) is 8.22. The molecule has 0 radical (unpaired) electrons. The number of rotatable bonds is 0. The molecule has 0 saturated heterocycles. The van der Waals surface area contributed by atoms with Crippen LogP contribution in [0.3, 0.4) is 0 Å². The third-order valence-corrected chi connectivity index (χ3v) is 2.10. The second-order valence-corrected chi connectivity index (χ2v) is 2.88. The van der Waals surface area contributed by atoms with Gasteiger partial charge in [0.2, 0.25) is 0 Å². The SMILES string of the molecule is C#Cc1cnc2cccnc2c1Cl. The van der Waals surface area contributed by atoms with E-state index < -0.39 is 0 Å². The molecular formula is C10H5ClN2. The van der Waals surface area contributed by atoms with E-state index in [-0.39, 0.29) is 0 Å². The van der Waals surface area contributed by atoms with Crippen LogP contribution >= 0.6 is 11.6 Å². The Bertz CT molecular complexity index is 500. The first-order chi connectivity index (χ1) is 6.33. The van der Waals surface area contributed by atoms with E-state index in [1.54, 1.807) is 18.5 Å². The molecule has 2 nitrogen and oxygen atoms in total. The lowest BCUT2D eigenvalue weighted by Gasteiger charge is -1.99. The van der Waals surface area contributed by atoms with Gasteiger partial charge in [0.25, 0.3) is 0 Å². The van der Waals surface area contributed by atoms with Gasteiger partial charge in [-0.2, -0.15) is 0 Å². The summed E-state index contributed by atoms with van der Waals surface area (Å²) in [6.45, 7) is 0. The summed E-state index contributed by atoms with van der Waals surface area (Å²) in [5.74, 6) is 2.45. The van der Waals surface area contributed by atoms with Crippen molar-refractivity contribution in [2.45, 2.75) is 0 Å². The van der Waals surface area contributed by atoms with Crippen molar-refractivity contribution in [3.05, 3.63) is 35.1 Å². The van der Waals surface area contributed by atoms with Crippen molar-refractivity contribution < 1.29 is 0 Å². The highest BCUT2D eigenvalue weighted by Crippen LogP contribution is 2.22. The van der Waals surface area contributed by atoms with Gasteiger partial charge in [-0.1, -0.05) is 17.5 Å². The fourth-order valence-electron chi connectivity index (χ4n) is 1.09. The maximum atomic E-state index is 6.00. The van der Waals surface area contributed by atoms with Crippen LogP contribution in [0.5, 0.6) is 0 Å². The Labute approximate surface area is 80.6 Å². The smallest absolute Gasteiger partial charge is 0.108 e. The predicted molar refractivity (Wildman–Crippen MR) is 52.5 cm³/mol. The van der Waals surface area contributed by atoms with Crippen LogP contribution in [0.25, 0.3) is 11.0 Å². The molecule has 3 heteroatoms. The Balaban J connectivity index is 2.89. The Morgan fingerprint density at radius 2 is 2.23 bits per heavy atom. The second kappa shape index (κ2) is 3.04. The highest BCUT2D eigenvalue weighted by Gasteiger charge is 2.04. The Hall–Kier alpha value is -1.59. The summed E-state index contributed by atoms with van der Waals surface area (Å²) in [7, 11) is 0. The quantitative estimate of drug-likeness (QED) is 0.593. The largest absolute Gasteiger partial charge is 0.253 e. The molecule has 0 aliphatic rings. The molecule has 0 aliphatic heterocycles. The topological polar surface area (TPSA) is 25.8 Å². The number of pyridine rings is 2. The van der Waals surface area contributed by atoms with Gasteiger partial charge in [0, 0.05) is 12.4 Å². The van der Waals surface area contributed by atoms with Crippen molar-refractivity contribution >= 4 is 22.6 Å². The number of terminal acetylenes is 1. The van der Waals surface area contributed by atoms with Crippen LogP contribution < -0.4 is 0 Å². The van der Waals surface area contributed by atoms with Gasteiger partial charge in [0.15, 0.2) is 0 Å². The van der Waals surface area contributed by atoms with E-state index in [2.05, 4.69) is 15.9 Å². The van der Waals surface area contributed by atoms with Gasteiger partial charge in [-0.15, -0.1) is 6.42 Å². The van der Waals surface area contributed by atoms with Crippen LogP contribution in [0.2, 0.25) is 5.02 Å². The highest BCUT2D eigenvalue weighted by molar-refractivity contribution is 6.35.